The van der Waals surface area contributed by atoms with Gasteiger partial charge in [-0.05, 0) is 43.2 Å². The summed E-state index contributed by atoms with van der Waals surface area (Å²) >= 11 is 0. The van der Waals surface area contributed by atoms with Crippen LogP contribution in [0.2, 0.25) is 0 Å². The van der Waals surface area contributed by atoms with Gasteiger partial charge in [0.25, 0.3) is 0 Å². The third kappa shape index (κ3) is 3.06. The molecule has 0 bridgehead atoms. The summed E-state index contributed by atoms with van der Waals surface area (Å²) < 4.78 is 2.01. The molecule has 0 radical (unpaired) electrons. The first-order valence-corrected chi connectivity index (χ1v) is 7.96. The first-order valence-electron chi connectivity index (χ1n) is 7.96. The van der Waals surface area contributed by atoms with Crippen molar-refractivity contribution in [1.82, 2.24) is 9.88 Å². The fraction of sp³-hybridized carbons (Fsp3) is 0.688. The van der Waals surface area contributed by atoms with Crippen LogP contribution in [0.15, 0.2) is 12.4 Å². The molecule has 1 unspecified atom stereocenters. The topological polar surface area (TPSA) is 60.0 Å². The van der Waals surface area contributed by atoms with E-state index in [9.17, 15) is 4.79 Å². The van der Waals surface area contributed by atoms with Gasteiger partial charge >= 0.3 is 0 Å². The summed E-state index contributed by atoms with van der Waals surface area (Å²) in [6.07, 6.45) is 13.5. The van der Waals surface area contributed by atoms with Crippen LogP contribution < -0.4 is 11.1 Å². The second-order valence-corrected chi connectivity index (χ2v) is 6.31. The van der Waals surface area contributed by atoms with Crippen LogP contribution >= 0.6 is 0 Å². The van der Waals surface area contributed by atoms with Gasteiger partial charge in [-0.15, -0.1) is 0 Å². The Labute approximate surface area is 120 Å². The molecule has 0 spiro atoms. The SMILES string of the molecule is NC1CCCCc2cn(CC(=O)NC3CCCC3)cc21. The highest BCUT2D eigenvalue weighted by Crippen LogP contribution is 2.27. The summed E-state index contributed by atoms with van der Waals surface area (Å²) in [5.74, 6) is 0.135. The Balaban J connectivity index is 1.62. The first kappa shape index (κ1) is 13.7. The lowest BCUT2D eigenvalue weighted by Gasteiger charge is -2.12. The fourth-order valence-electron chi connectivity index (χ4n) is 3.55. The van der Waals surface area contributed by atoms with Crippen molar-refractivity contribution in [1.29, 1.82) is 0 Å². The number of carbonyl (C=O) groups excluding carboxylic acids is 1. The van der Waals surface area contributed by atoms with Crippen LogP contribution in [0.1, 0.15) is 62.1 Å². The van der Waals surface area contributed by atoms with Gasteiger partial charge in [-0.3, -0.25) is 4.79 Å². The maximum absolute atomic E-state index is 12.1. The molecule has 3 rings (SSSR count). The number of hydrogen-bond donors (Lipinski definition) is 2. The number of aromatic nitrogens is 1. The van der Waals surface area contributed by atoms with E-state index in [0.717, 1.165) is 25.7 Å². The van der Waals surface area contributed by atoms with Crippen molar-refractivity contribution >= 4 is 5.91 Å². The highest BCUT2D eigenvalue weighted by atomic mass is 16.2. The lowest BCUT2D eigenvalue weighted by Crippen LogP contribution is -2.34. The number of nitrogens with one attached hydrogen (secondary N) is 1. The van der Waals surface area contributed by atoms with Gasteiger partial charge in [0.05, 0.1) is 0 Å². The van der Waals surface area contributed by atoms with Crippen molar-refractivity contribution in [2.24, 2.45) is 5.73 Å². The van der Waals surface area contributed by atoms with Crippen LogP contribution in [-0.4, -0.2) is 16.5 Å². The van der Waals surface area contributed by atoms with E-state index in [4.69, 9.17) is 5.73 Å². The van der Waals surface area contributed by atoms with Crippen LogP contribution in [-0.2, 0) is 17.8 Å². The molecular weight excluding hydrogens is 250 g/mol. The van der Waals surface area contributed by atoms with Gasteiger partial charge < -0.3 is 15.6 Å². The normalized spacial score (nSPS) is 23.4. The molecule has 2 aliphatic rings. The van der Waals surface area contributed by atoms with Crippen LogP contribution in [0.4, 0.5) is 0 Å². The molecule has 4 nitrogen and oxygen atoms in total. The smallest absolute Gasteiger partial charge is 0.240 e. The second-order valence-electron chi connectivity index (χ2n) is 6.31. The van der Waals surface area contributed by atoms with Gasteiger partial charge in [0.15, 0.2) is 0 Å². The molecule has 20 heavy (non-hydrogen) atoms. The average Bonchev–Trinajstić information content (AvgIpc) is 3.01. The molecule has 1 aromatic rings. The predicted octanol–water partition coefficient (Wildman–Crippen LogP) is 2.27. The van der Waals surface area contributed by atoms with E-state index in [1.807, 2.05) is 4.57 Å². The van der Waals surface area contributed by atoms with Crippen molar-refractivity contribution in [3.05, 3.63) is 23.5 Å². The predicted molar refractivity (Wildman–Crippen MR) is 79.3 cm³/mol. The Morgan fingerprint density at radius 2 is 1.95 bits per heavy atom. The maximum Gasteiger partial charge on any atom is 0.240 e. The molecule has 1 aromatic heterocycles. The molecule has 1 fully saturated rings. The number of amides is 1. The van der Waals surface area contributed by atoms with E-state index in [-0.39, 0.29) is 11.9 Å². The number of nitrogens with zero attached hydrogens (tertiary/aromatic N) is 1. The lowest BCUT2D eigenvalue weighted by atomic mass is 10.1. The molecular formula is C16H25N3O. The van der Waals surface area contributed by atoms with Crippen LogP contribution in [0.25, 0.3) is 0 Å². The summed E-state index contributed by atoms with van der Waals surface area (Å²) in [7, 11) is 0. The monoisotopic (exact) mass is 275 g/mol. The zero-order chi connectivity index (χ0) is 13.9. The van der Waals surface area contributed by atoms with E-state index in [2.05, 4.69) is 17.7 Å². The van der Waals surface area contributed by atoms with Crippen LogP contribution in [0, 0.1) is 0 Å². The molecule has 0 aromatic carbocycles. The van der Waals surface area contributed by atoms with Crippen molar-refractivity contribution in [2.75, 3.05) is 0 Å². The first-order chi connectivity index (χ1) is 9.72. The Morgan fingerprint density at radius 3 is 2.75 bits per heavy atom. The fourth-order valence-corrected chi connectivity index (χ4v) is 3.55. The molecule has 1 atom stereocenters. The van der Waals surface area contributed by atoms with Gasteiger partial charge in [0.1, 0.15) is 6.54 Å². The van der Waals surface area contributed by atoms with Gasteiger partial charge in [0, 0.05) is 24.5 Å². The summed E-state index contributed by atoms with van der Waals surface area (Å²) in [6.45, 7) is 0.427. The highest BCUT2D eigenvalue weighted by molar-refractivity contribution is 5.76. The van der Waals surface area contributed by atoms with Gasteiger partial charge in [-0.1, -0.05) is 19.3 Å². The summed E-state index contributed by atoms with van der Waals surface area (Å²) in [4.78, 5) is 12.1. The molecule has 1 saturated carbocycles. The van der Waals surface area contributed by atoms with Crippen molar-refractivity contribution < 1.29 is 4.79 Å². The molecule has 0 saturated heterocycles. The van der Waals surface area contributed by atoms with E-state index >= 15 is 0 Å². The molecule has 110 valence electrons. The standard InChI is InChI=1S/C16H25N3O/c17-15-8-4-1-5-12-9-19(10-14(12)15)11-16(20)18-13-6-2-3-7-13/h9-10,13,15H,1-8,11,17H2,(H,18,20). The third-order valence-corrected chi connectivity index (χ3v) is 4.65. The molecule has 4 heteroatoms. The zero-order valence-corrected chi connectivity index (χ0v) is 12.1. The van der Waals surface area contributed by atoms with E-state index in [0.29, 0.717) is 12.6 Å². The van der Waals surface area contributed by atoms with Crippen LogP contribution in [0.5, 0.6) is 0 Å². The summed E-state index contributed by atoms with van der Waals surface area (Å²) in [5.41, 5.74) is 8.79. The van der Waals surface area contributed by atoms with E-state index in [1.54, 1.807) is 0 Å². The Kier molecular flexibility index (Phi) is 4.10. The number of rotatable bonds is 3. The Hall–Kier alpha value is -1.29. The van der Waals surface area contributed by atoms with E-state index in [1.165, 1.54) is 36.8 Å². The minimum absolute atomic E-state index is 0.135. The minimum Gasteiger partial charge on any atom is -0.352 e. The number of hydrogen-bond acceptors (Lipinski definition) is 2. The third-order valence-electron chi connectivity index (χ3n) is 4.65. The van der Waals surface area contributed by atoms with Crippen molar-refractivity contribution in [3.63, 3.8) is 0 Å². The molecule has 3 N–H and O–H groups in total. The Morgan fingerprint density at radius 1 is 1.20 bits per heavy atom. The largest absolute Gasteiger partial charge is 0.352 e. The number of aryl methyl sites for hydroxylation is 1. The maximum atomic E-state index is 12.1. The van der Waals surface area contributed by atoms with Gasteiger partial charge in [0.2, 0.25) is 5.91 Å². The number of nitrogens with two attached hydrogens (primary N) is 1. The van der Waals surface area contributed by atoms with Gasteiger partial charge in [-0.2, -0.15) is 0 Å². The van der Waals surface area contributed by atoms with E-state index < -0.39 is 0 Å². The van der Waals surface area contributed by atoms with Gasteiger partial charge in [-0.25, -0.2) is 0 Å². The number of fused-ring (bicyclic) bond motifs is 1. The highest BCUT2D eigenvalue weighted by Gasteiger charge is 2.20. The zero-order valence-electron chi connectivity index (χ0n) is 12.1. The summed E-state index contributed by atoms with van der Waals surface area (Å²) in [6, 6.07) is 0.546. The quantitative estimate of drug-likeness (QED) is 0.831. The van der Waals surface area contributed by atoms with Crippen molar-refractivity contribution in [2.45, 2.75) is 70.0 Å². The molecule has 1 heterocycles. The van der Waals surface area contributed by atoms with Crippen molar-refractivity contribution in [3.8, 4) is 0 Å². The molecule has 0 aliphatic heterocycles. The summed E-state index contributed by atoms with van der Waals surface area (Å²) in [5, 5.41) is 3.14. The lowest BCUT2D eigenvalue weighted by molar-refractivity contribution is -0.122. The molecule has 1 amide bonds. The minimum atomic E-state index is 0.135. The average molecular weight is 275 g/mol. The second kappa shape index (κ2) is 6.00. The number of carbonyl (C=O) groups is 1. The van der Waals surface area contributed by atoms with Crippen LogP contribution in [0.3, 0.4) is 0 Å². The molecule has 2 aliphatic carbocycles. The Bertz CT molecular complexity index is 474.